The molecular formula is C15H24N2O2. The van der Waals surface area contributed by atoms with E-state index >= 15 is 0 Å². The SMILES string of the molecule is CC(C)N1CCN(C(O)OCc2ccccc2)CC1. The molecule has 0 aliphatic carbocycles. The minimum absolute atomic E-state index is 0.451. The lowest BCUT2D eigenvalue weighted by atomic mass is 10.2. The van der Waals surface area contributed by atoms with E-state index in [1.165, 1.54) is 0 Å². The van der Waals surface area contributed by atoms with Crippen LogP contribution in [0.25, 0.3) is 0 Å². The number of rotatable bonds is 5. The van der Waals surface area contributed by atoms with E-state index in [2.05, 4.69) is 18.7 Å². The van der Waals surface area contributed by atoms with Crippen molar-refractivity contribution in [2.75, 3.05) is 26.2 Å². The molecule has 4 heteroatoms. The Labute approximate surface area is 115 Å². The van der Waals surface area contributed by atoms with Crippen LogP contribution in [-0.2, 0) is 11.3 Å². The Kier molecular flexibility index (Phi) is 5.34. The highest BCUT2D eigenvalue weighted by atomic mass is 16.6. The summed E-state index contributed by atoms with van der Waals surface area (Å²) in [5, 5.41) is 10.0. The van der Waals surface area contributed by atoms with Crippen molar-refractivity contribution in [3.63, 3.8) is 0 Å². The average molecular weight is 264 g/mol. The molecule has 4 nitrogen and oxygen atoms in total. The Morgan fingerprint density at radius 1 is 1.05 bits per heavy atom. The smallest absolute Gasteiger partial charge is 0.216 e. The van der Waals surface area contributed by atoms with Gasteiger partial charge >= 0.3 is 0 Å². The predicted molar refractivity (Wildman–Crippen MR) is 75.5 cm³/mol. The summed E-state index contributed by atoms with van der Waals surface area (Å²) in [5.41, 5.74) is 1.09. The minimum Gasteiger partial charge on any atom is -0.356 e. The molecule has 19 heavy (non-hydrogen) atoms. The van der Waals surface area contributed by atoms with Gasteiger partial charge in [-0.2, -0.15) is 0 Å². The molecule has 0 spiro atoms. The molecule has 1 aliphatic rings. The first kappa shape index (κ1) is 14.5. The van der Waals surface area contributed by atoms with E-state index in [9.17, 15) is 5.11 Å². The normalized spacial score (nSPS) is 19.8. The molecule has 1 fully saturated rings. The summed E-state index contributed by atoms with van der Waals surface area (Å²) in [6, 6.07) is 10.5. The van der Waals surface area contributed by atoms with Gasteiger partial charge in [0.1, 0.15) is 0 Å². The van der Waals surface area contributed by atoms with Crippen LogP contribution in [0, 0.1) is 0 Å². The molecule has 1 aliphatic heterocycles. The van der Waals surface area contributed by atoms with Crippen molar-refractivity contribution in [1.29, 1.82) is 0 Å². The molecule has 1 heterocycles. The van der Waals surface area contributed by atoms with Crippen molar-refractivity contribution >= 4 is 0 Å². The van der Waals surface area contributed by atoms with Crippen molar-refractivity contribution in [3.8, 4) is 0 Å². The molecule has 0 amide bonds. The zero-order valence-corrected chi connectivity index (χ0v) is 11.8. The summed E-state index contributed by atoms with van der Waals surface area (Å²) >= 11 is 0. The second-order valence-electron chi connectivity index (χ2n) is 5.29. The van der Waals surface area contributed by atoms with Gasteiger partial charge in [0.25, 0.3) is 0 Å². The third-order valence-electron chi connectivity index (χ3n) is 3.63. The van der Waals surface area contributed by atoms with Crippen LogP contribution in [0.4, 0.5) is 0 Å². The molecule has 1 atom stereocenters. The van der Waals surface area contributed by atoms with Gasteiger partial charge in [0, 0.05) is 32.2 Å². The number of benzene rings is 1. The van der Waals surface area contributed by atoms with E-state index in [1.54, 1.807) is 0 Å². The molecule has 0 radical (unpaired) electrons. The number of hydrogen-bond acceptors (Lipinski definition) is 4. The number of ether oxygens (including phenoxy) is 1. The van der Waals surface area contributed by atoms with E-state index < -0.39 is 6.41 Å². The fourth-order valence-corrected chi connectivity index (χ4v) is 2.33. The minimum atomic E-state index is -0.797. The Morgan fingerprint density at radius 3 is 2.21 bits per heavy atom. The summed E-state index contributed by atoms with van der Waals surface area (Å²) < 4.78 is 5.53. The maximum atomic E-state index is 10.0. The van der Waals surface area contributed by atoms with Crippen LogP contribution in [0.5, 0.6) is 0 Å². The molecule has 0 saturated carbocycles. The standard InChI is InChI=1S/C15H24N2O2/c1-13(2)16-8-10-17(11-9-16)15(18)19-12-14-6-4-3-5-7-14/h3-7,13,15,18H,8-12H2,1-2H3. The van der Waals surface area contributed by atoms with Crippen LogP contribution >= 0.6 is 0 Å². The molecule has 2 rings (SSSR count). The number of piperazine rings is 1. The second-order valence-corrected chi connectivity index (χ2v) is 5.29. The van der Waals surface area contributed by atoms with E-state index in [0.29, 0.717) is 12.6 Å². The second kappa shape index (κ2) is 7.01. The molecule has 106 valence electrons. The largest absolute Gasteiger partial charge is 0.356 e. The van der Waals surface area contributed by atoms with Gasteiger partial charge in [0.2, 0.25) is 6.41 Å². The van der Waals surface area contributed by atoms with Gasteiger partial charge in [-0.25, -0.2) is 0 Å². The first-order chi connectivity index (χ1) is 9.16. The van der Waals surface area contributed by atoms with E-state index in [0.717, 1.165) is 31.7 Å². The van der Waals surface area contributed by atoms with Crippen LogP contribution in [-0.4, -0.2) is 53.5 Å². The molecular weight excluding hydrogens is 240 g/mol. The van der Waals surface area contributed by atoms with Crippen LogP contribution in [0.15, 0.2) is 30.3 Å². The topological polar surface area (TPSA) is 35.9 Å². The number of aliphatic hydroxyl groups excluding tert-OH is 1. The highest BCUT2D eigenvalue weighted by Gasteiger charge is 2.23. The lowest BCUT2D eigenvalue weighted by Gasteiger charge is -2.38. The highest BCUT2D eigenvalue weighted by molar-refractivity contribution is 5.13. The highest BCUT2D eigenvalue weighted by Crippen LogP contribution is 2.10. The molecule has 0 bridgehead atoms. The van der Waals surface area contributed by atoms with Crippen molar-refractivity contribution in [2.45, 2.75) is 32.9 Å². The van der Waals surface area contributed by atoms with E-state index in [-0.39, 0.29) is 0 Å². The van der Waals surface area contributed by atoms with Crippen molar-refractivity contribution in [1.82, 2.24) is 9.80 Å². The van der Waals surface area contributed by atoms with Crippen molar-refractivity contribution < 1.29 is 9.84 Å². The van der Waals surface area contributed by atoms with Crippen LogP contribution in [0.3, 0.4) is 0 Å². The monoisotopic (exact) mass is 264 g/mol. The zero-order valence-electron chi connectivity index (χ0n) is 11.8. The Bertz CT molecular complexity index is 362. The Balaban J connectivity index is 1.74. The van der Waals surface area contributed by atoms with Gasteiger partial charge < -0.3 is 9.84 Å². The van der Waals surface area contributed by atoms with Gasteiger partial charge in [-0.3, -0.25) is 9.80 Å². The number of hydrogen-bond donors (Lipinski definition) is 1. The summed E-state index contributed by atoms with van der Waals surface area (Å²) in [7, 11) is 0. The first-order valence-electron chi connectivity index (χ1n) is 6.98. The maximum absolute atomic E-state index is 10.0. The summed E-state index contributed by atoms with van der Waals surface area (Å²) in [6.45, 7) is 8.55. The molecule has 1 aromatic carbocycles. The van der Waals surface area contributed by atoms with Gasteiger partial charge in [-0.05, 0) is 19.4 Å². The first-order valence-corrected chi connectivity index (χ1v) is 6.98. The van der Waals surface area contributed by atoms with Crippen LogP contribution in [0.1, 0.15) is 19.4 Å². The van der Waals surface area contributed by atoms with Crippen molar-refractivity contribution in [2.24, 2.45) is 0 Å². The lowest BCUT2D eigenvalue weighted by molar-refractivity contribution is -0.207. The molecule has 1 N–H and O–H groups in total. The van der Waals surface area contributed by atoms with E-state index in [1.807, 2.05) is 35.2 Å². The van der Waals surface area contributed by atoms with E-state index in [4.69, 9.17) is 4.74 Å². The predicted octanol–water partition coefficient (Wildman–Crippen LogP) is 1.51. The average Bonchev–Trinajstić information content (AvgIpc) is 2.46. The molecule has 1 aromatic rings. The van der Waals surface area contributed by atoms with Crippen LogP contribution < -0.4 is 0 Å². The molecule has 1 unspecified atom stereocenters. The van der Waals surface area contributed by atoms with Gasteiger partial charge in [-0.1, -0.05) is 30.3 Å². The quantitative estimate of drug-likeness (QED) is 0.818. The van der Waals surface area contributed by atoms with Crippen molar-refractivity contribution in [3.05, 3.63) is 35.9 Å². The number of nitrogens with zero attached hydrogens (tertiary/aromatic N) is 2. The maximum Gasteiger partial charge on any atom is 0.216 e. The summed E-state index contributed by atoms with van der Waals surface area (Å²) in [4.78, 5) is 4.40. The number of aliphatic hydroxyl groups is 1. The molecule has 0 aromatic heterocycles. The van der Waals surface area contributed by atoms with Gasteiger partial charge in [0.05, 0.1) is 6.61 Å². The summed E-state index contributed by atoms with van der Waals surface area (Å²) in [6.07, 6.45) is -0.797. The van der Waals surface area contributed by atoms with Crippen LogP contribution in [0.2, 0.25) is 0 Å². The summed E-state index contributed by atoms with van der Waals surface area (Å²) in [5.74, 6) is 0. The van der Waals surface area contributed by atoms with Gasteiger partial charge in [0.15, 0.2) is 0 Å². The Hall–Kier alpha value is -0.940. The fourth-order valence-electron chi connectivity index (χ4n) is 2.33. The third-order valence-corrected chi connectivity index (χ3v) is 3.63. The van der Waals surface area contributed by atoms with Gasteiger partial charge in [-0.15, -0.1) is 0 Å². The third kappa shape index (κ3) is 4.28. The fraction of sp³-hybridized carbons (Fsp3) is 0.600. The molecule has 1 saturated heterocycles. The Morgan fingerprint density at radius 2 is 1.63 bits per heavy atom. The lowest BCUT2D eigenvalue weighted by Crippen LogP contribution is -2.52. The zero-order chi connectivity index (χ0) is 13.7.